The van der Waals surface area contributed by atoms with Crippen molar-refractivity contribution in [1.29, 1.82) is 0 Å². The third kappa shape index (κ3) is 3.13. The van der Waals surface area contributed by atoms with Gasteiger partial charge in [0.1, 0.15) is 0 Å². The van der Waals surface area contributed by atoms with E-state index in [-0.39, 0.29) is 16.8 Å². The third-order valence-corrected chi connectivity index (χ3v) is 4.81. The van der Waals surface area contributed by atoms with E-state index in [0.717, 1.165) is 16.9 Å². The SMILES string of the molecule is CC1(C)Cc2c(cnn2-c2ccncc2)CN(C(=O)c2cn[nH]c2[N+](=O)[O-])C1. The molecule has 0 atom stereocenters. The van der Waals surface area contributed by atoms with Crippen molar-refractivity contribution >= 4 is 11.7 Å². The second-order valence-electron chi connectivity index (χ2n) is 7.63. The number of nitrogens with zero attached hydrogens (tertiary/aromatic N) is 6. The average Bonchev–Trinajstić information content (AvgIpc) is 3.26. The lowest BCUT2D eigenvalue weighted by Crippen LogP contribution is -2.37. The quantitative estimate of drug-likeness (QED) is 0.548. The number of aromatic amines is 1. The molecule has 3 aromatic heterocycles. The van der Waals surface area contributed by atoms with Crippen LogP contribution in [0.2, 0.25) is 0 Å². The van der Waals surface area contributed by atoms with Crippen LogP contribution < -0.4 is 0 Å². The molecular weight excluding hydrogens is 362 g/mol. The van der Waals surface area contributed by atoms with Crippen molar-refractivity contribution in [3.63, 3.8) is 0 Å². The van der Waals surface area contributed by atoms with Gasteiger partial charge in [-0.1, -0.05) is 18.9 Å². The first kappa shape index (κ1) is 17.8. The second kappa shape index (κ2) is 6.55. The monoisotopic (exact) mass is 381 g/mol. The molecule has 1 aliphatic rings. The largest absolute Gasteiger partial charge is 0.358 e. The number of nitro groups is 1. The molecule has 28 heavy (non-hydrogen) atoms. The zero-order chi connectivity index (χ0) is 19.9. The zero-order valence-electron chi connectivity index (χ0n) is 15.5. The van der Waals surface area contributed by atoms with Crippen molar-refractivity contribution in [3.8, 4) is 5.69 Å². The van der Waals surface area contributed by atoms with Gasteiger partial charge in [-0.25, -0.2) is 4.68 Å². The fourth-order valence-corrected chi connectivity index (χ4v) is 3.61. The summed E-state index contributed by atoms with van der Waals surface area (Å²) in [5.41, 5.74) is 2.56. The van der Waals surface area contributed by atoms with Crippen LogP contribution >= 0.6 is 0 Å². The zero-order valence-corrected chi connectivity index (χ0v) is 15.5. The van der Waals surface area contributed by atoms with Crippen LogP contribution in [-0.2, 0) is 13.0 Å². The average molecular weight is 381 g/mol. The molecule has 10 heteroatoms. The summed E-state index contributed by atoms with van der Waals surface area (Å²) in [5.74, 6) is -0.808. The molecule has 0 aromatic carbocycles. The number of fused-ring (bicyclic) bond motifs is 1. The number of carbonyl (C=O) groups excluding carboxylic acids is 1. The van der Waals surface area contributed by atoms with Gasteiger partial charge in [-0.05, 0) is 28.9 Å². The van der Waals surface area contributed by atoms with E-state index in [1.54, 1.807) is 23.5 Å². The smallest absolute Gasteiger partial charge is 0.355 e. The second-order valence-corrected chi connectivity index (χ2v) is 7.63. The van der Waals surface area contributed by atoms with Gasteiger partial charge in [0.15, 0.2) is 5.56 Å². The summed E-state index contributed by atoms with van der Waals surface area (Å²) < 4.78 is 1.87. The third-order valence-electron chi connectivity index (χ3n) is 4.81. The van der Waals surface area contributed by atoms with E-state index in [1.165, 1.54) is 6.20 Å². The normalized spacial score (nSPS) is 15.7. The highest BCUT2D eigenvalue weighted by Crippen LogP contribution is 2.32. The Morgan fingerprint density at radius 3 is 2.75 bits per heavy atom. The molecule has 10 nitrogen and oxygen atoms in total. The fourth-order valence-electron chi connectivity index (χ4n) is 3.61. The molecular formula is C18H19N7O3. The Morgan fingerprint density at radius 1 is 1.29 bits per heavy atom. The van der Waals surface area contributed by atoms with Crippen molar-refractivity contribution < 1.29 is 9.72 Å². The fraction of sp³-hybridized carbons (Fsp3) is 0.333. The number of hydrogen-bond acceptors (Lipinski definition) is 6. The highest BCUT2D eigenvalue weighted by atomic mass is 16.6. The van der Waals surface area contributed by atoms with Crippen LogP contribution in [0.5, 0.6) is 0 Å². The van der Waals surface area contributed by atoms with Crippen LogP contribution in [0.1, 0.15) is 35.5 Å². The first-order valence-electron chi connectivity index (χ1n) is 8.79. The van der Waals surface area contributed by atoms with Crippen molar-refractivity contribution in [2.45, 2.75) is 26.8 Å². The summed E-state index contributed by atoms with van der Waals surface area (Å²) in [6, 6.07) is 3.76. The Bertz CT molecular complexity index is 1040. The molecule has 1 amide bonds. The Morgan fingerprint density at radius 2 is 2.04 bits per heavy atom. The molecule has 0 aliphatic carbocycles. The van der Waals surface area contributed by atoms with E-state index in [2.05, 4.69) is 34.1 Å². The maximum Gasteiger partial charge on any atom is 0.355 e. The maximum atomic E-state index is 13.0. The predicted molar refractivity (Wildman–Crippen MR) is 98.8 cm³/mol. The molecule has 0 spiro atoms. The molecule has 3 aromatic rings. The van der Waals surface area contributed by atoms with E-state index in [1.807, 2.05) is 16.8 Å². The van der Waals surface area contributed by atoms with Gasteiger partial charge in [0.05, 0.1) is 18.1 Å². The number of rotatable bonds is 3. The Kier molecular flexibility index (Phi) is 4.17. The van der Waals surface area contributed by atoms with Crippen molar-refractivity contribution in [2.75, 3.05) is 6.54 Å². The molecule has 144 valence electrons. The number of amides is 1. The van der Waals surface area contributed by atoms with E-state index >= 15 is 0 Å². The van der Waals surface area contributed by atoms with Gasteiger partial charge in [0.2, 0.25) is 0 Å². The molecule has 4 heterocycles. The minimum Gasteiger partial charge on any atom is -0.358 e. The number of pyridine rings is 1. The molecule has 4 rings (SSSR count). The van der Waals surface area contributed by atoms with Gasteiger partial charge in [0, 0.05) is 36.7 Å². The molecule has 0 saturated heterocycles. The van der Waals surface area contributed by atoms with Gasteiger partial charge in [-0.3, -0.25) is 9.78 Å². The number of nitrogens with one attached hydrogen (secondary N) is 1. The lowest BCUT2D eigenvalue weighted by atomic mass is 9.87. The number of carbonyl (C=O) groups is 1. The van der Waals surface area contributed by atoms with Crippen LogP contribution in [0.3, 0.4) is 0 Å². The first-order chi connectivity index (χ1) is 13.4. The number of aromatic nitrogens is 5. The number of H-pyrrole nitrogens is 1. The maximum absolute atomic E-state index is 13.0. The highest BCUT2D eigenvalue weighted by Gasteiger charge is 2.35. The molecule has 0 bridgehead atoms. The Hall–Kier alpha value is -3.56. The molecule has 1 aliphatic heterocycles. The van der Waals surface area contributed by atoms with Crippen LogP contribution in [0.15, 0.2) is 36.9 Å². The molecule has 0 radical (unpaired) electrons. The van der Waals surface area contributed by atoms with Crippen molar-refractivity contribution in [2.24, 2.45) is 5.41 Å². The lowest BCUT2D eigenvalue weighted by molar-refractivity contribution is -0.389. The molecule has 0 unspecified atom stereocenters. The summed E-state index contributed by atoms with van der Waals surface area (Å²) in [5, 5.41) is 21.6. The van der Waals surface area contributed by atoms with Crippen LogP contribution in [0.25, 0.3) is 5.69 Å². The van der Waals surface area contributed by atoms with Gasteiger partial charge in [0.25, 0.3) is 5.91 Å². The van der Waals surface area contributed by atoms with Gasteiger partial charge in [-0.2, -0.15) is 5.10 Å². The van der Waals surface area contributed by atoms with E-state index < -0.39 is 10.8 Å². The Labute approximate surface area is 160 Å². The van der Waals surface area contributed by atoms with Crippen molar-refractivity contribution in [1.82, 2.24) is 29.9 Å². The van der Waals surface area contributed by atoms with E-state index in [4.69, 9.17) is 0 Å². The van der Waals surface area contributed by atoms with Gasteiger partial charge < -0.3 is 15.0 Å². The topological polar surface area (TPSA) is 123 Å². The summed E-state index contributed by atoms with van der Waals surface area (Å²) in [6.07, 6.45) is 7.08. The summed E-state index contributed by atoms with van der Waals surface area (Å²) >= 11 is 0. The molecule has 0 fully saturated rings. The number of hydrogen-bond donors (Lipinski definition) is 1. The van der Waals surface area contributed by atoms with Crippen LogP contribution in [0.4, 0.5) is 5.82 Å². The first-order valence-corrected chi connectivity index (χ1v) is 8.79. The standard InChI is InChI=1S/C18H19N7O3/c1-18(2)7-15-12(8-21-24(15)13-3-5-19-6-4-13)10-23(11-18)17(26)14-9-20-22-16(14)25(27)28/h3-6,8-9H,7,10-11H2,1-2H3,(H,20,22). The minimum absolute atomic E-state index is 0.0363. The highest BCUT2D eigenvalue weighted by molar-refractivity contribution is 5.97. The van der Waals surface area contributed by atoms with Gasteiger partial charge >= 0.3 is 5.82 Å². The summed E-state index contributed by atoms with van der Waals surface area (Å²) in [6.45, 7) is 4.91. The molecule has 0 saturated carbocycles. The van der Waals surface area contributed by atoms with E-state index in [0.29, 0.717) is 19.5 Å². The molecule has 1 N–H and O–H groups in total. The van der Waals surface area contributed by atoms with Crippen LogP contribution in [-0.4, -0.2) is 47.2 Å². The summed E-state index contributed by atoms with van der Waals surface area (Å²) in [4.78, 5) is 29.2. The van der Waals surface area contributed by atoms with Crippen molar-refractivity contribution in [3.05, 3.63) is 63.9 Å². The van der Waals surface area contributed by atoms with Gasteiger partial charge in [-0.15, -0.1) is 5.10 Å². The Balaban J connectivity index is 1.72. The summed E-state index contributed by atoms with van der Waals surface area (Å²) in [7, 11) is 0. The predicted octanol–water partition coefficient (Wildman–Crippen LogP) is 2.12. The lowest BCUT2D eigenvalue weighted by Gasteiger charge is -2.29. The van der Waals surface area contributed by atoms with E-state index in [9.17, 15) is 14.9 Å². The minimum atomic E-state index is -0.629. The van der Waals surface area contributed by atoms with Crippen LogP contribution in [0, 0.1) is 15.5 Å².